The zero-order valence-electron chi connectivity index (χ0n) is 24.1. The van der Waals surface area contributed by atoms with E-state index in [0.29, 0.717) is 24.6 Å². The zero-order chi connectivity index (χ0) is 27.6. The summed E-state index contributed by atoms with van der Waals surface area (Å²) >= 11 is 0. The minimum absolute atomic E-state index is 0.630. The van der Waals surface area contributed by atoms with Crippen molar-refractivity contribution in [3.8, 4) is 28.4 Å². The highest BCUT2D eigenvalue weighted by Crippen LogP contribution is 2.32. The van der Waals surface area contributed by atoms with Gasteiger partial charge in [-0.25, -0.2) is 4.98 Å². The van der Waals surface area contributed by atoms with Gasteiger partial charge in [-0.15, -0.1) is 0 Å². The maximum absolute atomic E-state index is 6.18. The van der Waals surface area contributed by atoms with Gasteiger partial charge in [0.1, 0.15) is 12.4 Å². The quantitative estimate of drug-likeness (QED) is 0.205. The van der Waals surface area contributed by atoms with Gasteiger partial charge in [0.25, 0.3) is 0 Å². The summed E-state index contributed by atoms with van der Waals surface area (Å²) in [7, 11) is 0. The molecule has 0 spiro atoms. The second-order valence-corrected chi connectivity index (χ2v) is 11.8. The number of likely N-dealkylation sites (tertiary alicyclic amines) is 1. The number of hydrogen-bond acceptors (Lipinski definition) is 5. The fourth-order valence-corrected chi connectivity index (χ4v) is 5.98. The highest BCUT2D eigenvalue weighted by atomic mass is 16.5. The third kappa shape index (κ3) is 5.61. The van der Waals surface area contributed by atoms with Gasteiger partial charge in [-0.05, 0) is 86.2 Å². The molecule has 6 rings (SSSR count). The molecule has 2 aromatic heterocycles. The molecule has 40 heavy (non-hydrogen) atoms. The van der Waals surface area contributed by atoms with E-state index in [2.05, 4.69) is 108 Å². The molecule has 1 aliphatic heterocycles. The molecular formula is C33H40N6O. The number of rotatable bonds is 9. The summed E-state index contributed by atoms with van der Waals surface area (Å²) < 4.78 is 6.18. The van der Waals surface area contributed by atoms with Gasteiger partial charge in [-0.1, -0.05) is 38.5 Å². The van der Waals surface area contributed by atoms with Gasteiger partial charge in [0, 0.05) is 41.6 Å². The maximum Gasteiger partial charge on any atom is 0.155 e. The molecule has 0 radical (unpaired) electrons. The number of aromatic amines is 2. The maximum atomic E-state index is 6.18. The predicted molar refractivity (Wildman–Crippen MR) is 163 cm³/mol. The number of fused-ring (bicyclic) bond motifs is 2. The minimum Gasteiger partial charge on any atom is -0.492 e. The number of H-pyrrole nitrogens is 2. The Morgan fingerprint density at radius 2 is 1.68 bits per heavy atom. The fourth-order valence-electron chi connectivity index (χ4n) is 5.98. The number of nitrogens with zero attached hydrogens (tertiary/aromatic N) is 4. The third-order valence-corrected chi connectivity index (χ3v) is 8.39. The fraction of sp³-hybridized carbons (Fsp3) is 0.424. The van der Waals surface area contributed by atoms with E-state index in [1.54, 1.807) is 0 Å². The van der Waals surface area contributed by atoms with E-state index in [9.17, 15) is 0 Å². The van der Waals surface area contributed by atoms with Gasteiger partial charge in [-0.3, -0.25) is 15.1 Å². The van der Waals surface area contributed by atoms with E-state index in [-0.39, 0.29) is 0 Å². The molecule has 0 aliphatic carbocycles. The molecule has 1 fully saturated rings. The van der Waals surface area contributed by atoms with E-state index >= 15 is 0 Å². The Morgan fingerprint density at radius 3 is 2.50 bits per heavy atom. The summed E-state index contributed by atoms with van der Waals surface area (Å²) in [5.74, 6) is 3.21. The first kappa shape index (κ1) is 26.5. The zero-order valence-corrected chi connectivity index (χ0v) is 24.1. The first-order valence-corrected chi connectivity index (χ1v) is 14.8. The van der Waals surface area contributed by atoms with Gasteiger partial charge < -0.3 is 4.74 Å². The molecule has 3 aromatic carbocycles. The molecule has 0 bridgehead atoms. The number of hydrogen-bond donors (Lipinski definition) is 2. The average Bonchev–Trinajstić information content (AvgIpc) is 3.60. The van der Waals surface area contributed by atoms with Crippen molar-refractivity contribution in [3.05, 3.63) is 60.4 Å². The summed E-state index contributed by atoms with van der Waals surface area (Å²) in [5, 5.41) is 18.8. The highest BCUT2D eigenvalue weighted by Gasteiger charge is 2.24. The summed E-state index contributed by atoms with van der Waals surface area (Å²) in [5.41, 5.74) is 4.02. The van der Waals surface area contributed by atoms with Crippen LogP contribution in [-0.2, 0) is 6.42 Å². The number of piperidine rings is 1. The van der Waals surface area contributed by atoms with Crippen LogP contribution in [0.25, 0.3) is 44.3 Å². The summed E-state index contributed by atoms with van der Waals surface area (Å²) in [6.45, 7) is 10.8. The number of benzene rings is 3. The highest BCUT2D eigenvalue weighted by molar-refractivity contribution is 5.97. The molecule has 0 saturated carbocycles. The minimum atomic E-state index is 0.630. The third-order valence-electron chi connectivity index (χ3n) is 8.39. The first-order chi connectivity index (χ1) is 19.4. The van der Waals surface area contributed by atoms with E-state index < -0.39 is 0 Å². The second-order valence-electron chi connectivity index (χ2n) is 11.8. The molecule has 7 heteroatoms. The molecule has 0 amide bonds. The number of ether oxygens (including phenoxy) is 1. The van der Waals surface area contributed by atoms with Gasteiger partial charge >= 0.3 is 0 Å². The Hall–Kier alpha value is -3.71. The van der Waals surface area contributed by atoms with E-state index in [0.717, 1.165) is 69.9 Å². The second kappa shape index (κ2) is 11.4. The van der Waals surface area contributed by atoms with Crippen LogP contribution in [0.3, 0.4) is 0 Å². The molecular weight excluding hydrogens is 496 g/mol. The SMILES string of the molecule is CC(C)CCc1n[nH]c(-c2ccc3[nH]nc(-c4ccc5cc(OCCN6[C@H](C)CCC[C@@H]6C)ccc5c4)c3c2)n1. The lowest BCUT2D eigenvalue weighted by Gasteiger charge is -2.38. The smallest absolute Gasteiger partial charge is 0.155 e. The van der Waals surface area contributed by atoms with Crippen LogP contribution in [0.1, 0.15) is 59.2 Å². The Balaban J connectivity index is 1.19. The molecule has 7 nitrogen and oxygen atoms in total. The average molecular weight is 537 g/mol. The van der Waals surface area contributed by atoms with Crippen LogP contribution in [0.2, 0.25) is 0 Å². The monoisotopic (exact) mass is 536 g/mol. The first-order valence-electron chi connectivity index (χ1n) is 14.8. The summed E-state index contributed by atoms with van der Waals surface area (Å²) in [4.78, 5) is 7.33. The normalized spacial score (nSPS) is 18.2. The van der Waals surface area contributed by atoms with Crippen LogP contribution >= 0.6 is 0 Å². The summed E-state index contributed by atoms with van der Waals surface area (Å²) in [6, 6.07) is 20.4. The predicted octanol–water partition coefficient (Wildman–Crippen LogP) is 7.40. The van der Waals surface area contributed by atoms with E-state index in [1.807, 2.05) is 0 Å². The van der Waals surface area contributed by atoms with E-state index in [4.69, 9.17) is 9.72 Å². The van der Waals surface area contributed by atoms with Crippen LogP contribution < -0.4 is 4.74 Å². The van der Waals surface area contributed by atoms with Crippen LogP contribution in [0.4, 0.5) is 0 Å². The van der Waals surface area contributed by atoms with Crippen molar-refractivity contribution >= 4 is 21.7 Å². The van der Waals surface area contributed by atoms with Crippen molar-refractivity contribution in [1.82, 2.24) is 30.3 Å². The van der Waals surface area contributed by atoms with Gasteiger partial charge in [0.15, 0.2) is 11.6 Å². The summed E-state index contributed by atoms with van der Waals surface area (Å²) in [6.07, 6.45) is 5.87. The number of aryl methyl sites for hydroxylation is 1. The van der Waals surface area contributed by atoms with Crippen LogP contribution in [0.15, 0.2) is 54.6 Å². The Kier molecular flexibility index (Phi) is 7.57. The van der Waals surface area contributed by atoms with Crippen LogP contribution in [-0.4, -0.2) is 55.5 Å². The van der Waals surface area contributed by atoms with E-state index in [1.165, 1.54) is 24.6 Å². The van der Waals surface area contributed by atoms with Crippen molar-refractivity contribution < 1.29 is 4.74 Å². The molecule has 3 heterocycles. The van der Waals surface area contributed by atoms with Crippen LogP contribution in [0, 0.1) is 5.92 Å². The Labute approximate surface area is 236 Å². The van der Waals surface area contributed by atoms with Crippen molar-refractivity contribution in [1.29, 1.82) is 0 Å². The lowest BCUT2D eigenvalue weighted by Crippen LogP contribution is -2.45. The Morgan fingerprint density at radius 1 is 0.900 bits per heavy atom. The standard InChI is InChI=1S/C33H40N6O/c1-21(2)8-15-31-34-33(38-36-31)27-12-14-30-29(20-27)32(37-35-30)26-10-9-25-19-28(13-11-24(25)18-26)40-17-16-39-22(3)6-5-7-23(39)4/h9-14,18-23H,5-8,15-17H2,1-4H3,(H,35,37)(H,34,36,38)/t22-,23+. The topological polar surface area (TPSA) is 82.7 Å². The molecule has 5 aromatic rings. The van der Waals surface area contributed by atoms with Gasteiger partial charge in [-0.2, -0.15) is 10.2 Å². The number of aromatic nitrogens is 5. The molecule has 1 aliphatic rings. The lowest BCUT2D eigenvalue weighted by atomic mass is 9.98. The molecule has 208 valence electrons. The van der Waals surface area contributed by atoms with Gasteiger partial charge in [0.05, 0.1) is 11.2 Å². The van der Waals surface area contributed by atoms with Crippen LogP contribution in [0.5, 0.6) is 5.75 Å². The number of nitrogens with one attached hydrogen (secondary N) is 2. The molecule has 0 unspecified atom stereocenters. The Bertz CT molecular complexity index is 1590. The molecule has 2 atom stereocenters. The van der Waals surface area contributed by atoms with Crippen molar-refractivity contribution in [2.75, 3.05) is 13.2 Å². The van der Waals surface area contributed by atoms with Crippen molar-refractivity contribution in [2.24, 2.45) is 5.92 Å². The van der Waals surface area contributed by atoms with Crippen molar-refractivity contribution in [2.45, 2.75) is 71.9 Å². The molecule has 2 N–H and O–H groups in total. The lowest BCUT2D eigenvalue weighted by molar-refractivity contribution is 0.0852. The molecule has 1 saturated heterocycles. The van der Waals surface area contributed by atoms with Crippen molar-refractivity contribution in [3.63, 3.8) is 0 Å². The largest absolute Gasteiger partial charge is 0.492 e. The van der Waals surface area contributed by atoms with Gasteiger partial charge in [0.2, 0.25) is 0 Å².